The molecule has 0 heterocycles. The smallest absolute Gasteiger partial charge is 0.240 e. The molecular weight excluding hydrogens is 411 g/mol. The Kier molecular flexibility index (Phi) is 7.91. The fourth-order valence-electron chi connectivity index (χ4n) is 2.18. The van der Waals surface area contributed by atoms with E-state index in [0.717, 1.165) is 0 Å². The number of benzene rings is 2. The summed E-state index contributed by atoms with van der Waals surface area (Å²) in [5, 5.41) is 0.900. The van der Waals surface area contributed by atoms with Gasteiger partial charge in [0.25, 0.3) is 0 Å². The van der Waals surface area contributed by atoms with Crippen LogP contribution in [0.1, 0.15) is 6.42 Å². The van der Waals surface area contributed by atoms with Crippen LogP contribution in [-0.2, 0) is 14.8 Å². The maximum absolute atomic E-state index is 12.2. The Balaban J connectivity index is 1.74. The van der Waals surface area contributed by atoms with Gasteiger partial charge in [-0.25, -0.2) is 13.1 Å². The zero-order valence-corrected chi connectivity index (χ0v) is 17.0. The molecule has 2 aromatic carbocycles. The molecule has 2 rings (SSSR count). The van der Waals surface area contributed by atoms with Gasteiger partial charge in [0, 0.05) is 30.1 Å². The minimum Gasteiger partial charge on any atom is -0.492 e. The van der Waals surface area contributed by atoms with E-state index in [9.17, 15) is 13.2 Å². The van der Waals surface area contributed by atoms with E-state index in [4.69, 9.17) is 27.9 Å². The number of carbonyl (C=O) groups is 1. The number of nitrogens with one attached hydrogen (secondary N) is 1. The second-order valence-electron chi connectivity index (χ2n) is 5.73. The fraction of sp³-hybridized carbons (Fsp3) is 0.278. The van der Waals surface area contributed by atoms with Gasteiger partial charge in [0.15, 0.2) is 0 Å². The van der Waals surface area contributed by atoms with Crippen LogP contribution in [0.25, 0.3) is 0 Å². The average molecular weight is 431 g/mol. The van der Waals surface area contributed by atoms with Gasteiger partial charge < -0.3 is 9.64 Å². The summed E-state index contributed by atoms with van der Waals surface area (Å²) in [5.74, 6) is 0.427. The minimum absolute atomic E-state index is 0.00678. The topological polar surface area (TPSA) is 75.7 Å². The molecule has 1 N–H and O–H groups in total. The Morgan fingerprint density at radius 3 is 2.44 bits per heavy atom. The summed E-state index contributed by atoms with van der Waals surface area (Å²) in [7, 11) is -2.07. The van der Waals surface area contributed by atoms with E-state index in [-0.39, 0.29) is 23.8 Å². The number of ether oxygens (including phenoxy) is 1. The first-order valence-corrected chi connectivity index (χ1v) is 10.4. The molecule has 0 saturated carbocycles. The monoisotopic (exact) mass is 430 g/mol. The molecule has 1 amide bonds. The second kappa shape index (κ2) is 9.94. The number of nitrogens with zero attached hydrogens (tertiary/aromatic N) is 1. The van der Waals surface area contributed by atoms with E-state index in [2.05, 4.69) is 4.72 Å². The summed E-state index contributed by atoms with van der Waals surface area (Å²) in [4.78, 5) is 13.7. The third kappa shape index (κ3) is 7.03. The molecule has 0 aliphatic carbocycles. The molecule has 146 valence electrons. The maximum Gasteiger partial charge on any atom is 0.240 e. The molecule has 2 aromatic rings. The van der Waals surface area contributed by atoms with Gasteiger partial charge in [-0.15, -0.1) is 0 Å². The van der Waals surface area contributed by atoms with Crippen molar-refractivity contribution in [3.8, 4) is 5.75 Å². The number of likely N-dealkylation sites (N-methyl/N-ethyl adjacent to an activating group) is 1. The van der Waals surface area contributed by atoms with Crippen molar-refractivity contribution in [3.05, 3.63) is 58.6 Å². The molecule has 0 radical (unpaired) electrons. The van der Waals surface area contributed by atoms with Crippen molar-refractivity contribution in [1.29, 1.82) is 0 Å². The minimum atomic E-state index is -3.70. The van der Waals surface area contributed by atoms with Crippen molar-refractivity contribution < 1.29 is 17.9 Å². The van der Waals surface area contributed by atoms with Crippen molar-refractivity contribution in [2.75, 3.05) is 26.7 Å². The van der Waals surface area contributed by atoms with E-state index >= 15 is 0 Å². The number of amides is 1. The second-order valence-corrected chi connectivity index (χ2v) is 8.37. The molecule has 0 spiro atoms. The third-order valence-corrected chi connectivity index (χ3v) is 5.58. The van der Waals surface area contributed by atoms with Gasteiger partial charge in [0.2, 0.25) is 15.9 Å². The van der Waals surface area contributed by atoms with Crippen LogP contribution in [0.4, 0.5) is 0 Å². The molecular formula is C18H20Cl2N2O4S. The Labute approximate surface area is 169 Å². The summed E-state index contributed by atoms with van der Waals surface area (Å²) in [6.07, 6.45) is 0.0352. The van der Waals surface area contributed by atoms with Gasteiger partial charge in [0.1, 0.15) is 12.4 Å². The number of halogens is 2. The van der Waals surface area contributed by atoms with Crippen LogP contribution >= 0.6 is 23.2 Å². The highest BCUT2D eigenvalue weighted by Crippen LogP contribution is 2.17. The first-order chi connectivity index (χ1) is 12.8. The van der Waals surface area contributed by atoms with Gasteiger partial charge in [-0.1, -0.05) is 35.3 Å². The lowest BCUT2D eigenvalue weighted by atomic mass is 10.3. The van der Waals surface area contributed by atoms with Gasteiger partial charge in [-0.3, -0.25) is 4.79 Å². The van der Waals surface area contributed by atoms with Crippen molar-refractivity contribution in [1.82, 2.24) is 9.62 Å². The Hall–Kier alpha value is -1.80. The molecule has 0 aromatic heterocycles. The van der Waals surface area contributed by atoms with Crippen molar-refractivity contribution in [3.63, 3.8) is 0 Å². The van der Waals surface area contributed by atoms with E-state index in [0.29, 0.717) is 28.9 Å². The van der Waals surface area contributed by atoms with Crippen LogP contribution in [-0.4, -0.2) is 46.0 Å². The third-order valence-electron chi connectivity index (χ3n) is 3.65. The van der Waals surface area contributed by atoms with Gasteiger partial charge in [-0.2, -0.15) is 0 Å². The largest absolute Gasteiger partial charge is 0.492 e. The van der Waals surface area contributed by atoms with Gasteiger partial charge in [0.05, 0.1) is 11.4 Å². The SMILES string of the molecule is CN(CCOc1cccc(Cl)c1)C(=O)CCNS(=O)(=O)c1cccc(Cl)c1. The molecule has 0 fully saturated rings. The number of hydrogen-bond acceptors (Lipinski definition) is 4. The Morgan fingerprint density at radius 2 is 1.78 bits per heavy atom. The Bertz CT molecular complexity index is 890. The van der Waals surface area contributed by atoms with Crippen LogP contribution in [0.2, 0.25) is 10.0 Å². The van der Waals surface area contributed by atoms with Gasteiger partial charge in [-0.05, 0) is 36.4 Å². The summed E-state index contributed by atoms with van der Waals surface area (Å²) in [6.45, 7) is 0.663. The van der Waals surface area contributed by atoms with E-state index < -0.39 is 10.0 Å². The summed E-state index contributed by atoms with van der Waals surface area (Å²) >= 11 is 11.7. The average Bonchev–Trinajstić information content (AvgIpc) is 2.61. The normalized spacial score (nSPS) is 11.2. The van der Waals surface area contributed by atoms with E-state index in [1.807, 2.05) is 0 Å². The Morgan fingerprint density at radius 1 is 1.11 bits per heavy atom. The predicted molar refractivity (Wildman–Crippen MR) is 106 cm³/mol. The van der Waals surface area contributed by atoms with Crippen molar-refractivity contribution in [2.24, 2.45) is 0 Å². The zero-order valence-electron chi connectivity index (χ0n) is 14.7. The van der Waals surface area contributed by atoms with Crippen molar-refractivity contribution >= 4 is 39.1 Å². The molecule has 0 aliphatic rings. The first kappa shape index (κ1) is 21.5. The fourth-order valence-corrected chi connectivity index (χ4v) is 3.70. The van der Waals surface area contributed by atoms with Gasteiger partial charge >= 0.3 is 0 Å². The quantitative estimate of drug-likeness (QED) is 0.662. The highest BCUT2D eigenvalue weighted by Gasteiger charge is 2.15. The molecule has 6 nitrogen and oxygen atoms in total. The molecule has 0 unspecified atom stereocenters. The van der Waals surface area contributed by atoms with Crippen LogP contribution in [0.5, 0.6) is 5.75 Å². The van der Waals surface area contributed by atoms with E-state index in [1.165, 1.54) is 17.0 Å². The van der Waals surface area contributed by atoms with Crippen LogP contribution < -0.4 is 9.46 Å². The lowest BCUT2D eigenvalue weighted by molar-refractivity contribution is -0.130. The van der Waals surface area contributed by atoms with Crippen LogP contribution in [0.3, 0.4) is 0 Å². The summed E-state index contributed by atoms with van der Waals surface area (Å²) in [5.41, 5.74) is 0. The molecule has 0 atom stereocenters. The maximum atomic E-state index is 12.2. The summed E-state index contributed by atoms with van der Waals surface area (Å²) < 4.78 is 32.3. The molecule has 27 heavy (non-hydrogen) atoms. The number of carbonyl (C=O) groups excluding carboxylic acids is 1. The zero-order chi connectivity index (χ0) is 19.9. The van der Waals surface area contributed by atoms with Crippen LogP contribution in [0.15, 0.2) is 53.4 Å². The standard InChI is InChI=1S/C18H20Cl2N2O4S/c1-22(10-11-26-16-6-2-4-14(19)12-16)18(23)8-9-21-27(24,25)17-7-3-5-15(20)13-17/h2-7,12-13,21H,8-11H2,1H3. The highest BCUT2D eigenvalue weighted by atomic mass is 35.5. The molecule has 0 aliphatic heterocycles. The lowest BCUT2D eigenvalue weighted by Gasteiger charge is -2.17. The molecule has 0 saturated heterocycles. The number of hydrogen-bond donors (Lipinski definition) is 1. The summed E-state index contributed by atoms with van der Waals surface area (Å²) in [6, 6.07) is 12.9. The van der Waals surface area contributed by atoms with Crippen LogP contribution in [0, 0.1) is 0 Å². The highest BCUT2D eigenvalue weighted by molar-refractivity contribution is 7.89. The van der Waals surface area contributed by atoms with E-state index in [1.54, 1.807) is 43.4 Å². The predicted octanol–water partition coefficient (Wildman–Crippen LogP) is 3.20. The number of sulfonamides is 1. The number of rotatable bonds is 9. The molecule has 9 heteroatoms. The lowest BCUT2D eigenvalue weighted by Crippen LogP contribution is -2.34. The van der Waals surface area contributed by atoms with Crippen molar-refractivity contribution in [2.45, 2.75) is 11.3 Å². The molecule has 0 bridgehead atoms. The first-order valence-electron chi connectivity index (χ1n) is 8.15.